The van der Waals surface area contributed by atoms with Gasteiger partial charge in [0.15, 0.2) is 0 Å². The second kappa shape index (κ2) is 6.14. The monoisotopic (exact) mass is 243 g/mol. The zero-order valence-electron chi connectivity index (χ0n) is 10.9. The molecule has 0 aromatic carbocycles. The molecule has 2 heterocycles. The van der Waals surface area contributed by atoms with Crippen LogP contribution in [0.1, 0.15) is 32.1 Å². The van der Waals surface area contributed by atoms with Crippen molar-refractivity contribution in [1.29, 1.82) is 0 Å². The molecular weight excluding hydrogens is 218 g/mol. The summed E-state index contributed by atoms with van der Waals surface area (Å²) in [6.07, 6.45) is 5.46. The molecule has 1 N–H and O–H groups in total. The van der Waals surface area contributed by atoms with Crippen molar-refractivity contribution in [3.63, 3.8) is 0 Å². The number of aliphatic hydroxyl groups is 1. The van der Waals surface area contributed by atoms with Gasteiger partial charge in [-0.05, 0) is 26.3 Å². The van der Waals surface area contributed by atoms with E-state index in [4.69, 9.17) is 9.47 Å². The Hall–Kier alpha value is -0.160. The van der Waals surface area contributed by atoms with Crippen molar-refractivity contribution in [3.8, 4) is 0 Å². The van der Waals surface area contributed by atoms with Crippen molar-refractivity contribution >= 4 is 0 Å². The first-order chi connectivity index (χ1) is 8.18. The quantitative estimate of drug-likeness (QED) is 0.783. The first kappa shape index (κ1) is 13.3. The number of nitrogens with zero attached hydrogens (tertiary/aromatic N) is 1. The predicted molar refractivity (Wildman–Crippen MR) is 66.1 cm³/mol. The van der Waals surface area contributed by atoms with Crippen LogP contribution >= 0.6 is 0 Å². The van der Waals surface area contributed by atoms with Gasteiger partial charge in [-0.1, -0.05) is 0 Å². The van der Waals surface area contributed by atoms with Crippen LogP contribution in [-0.2, 0) is 9.47 Å². The van der Waals surface area contributed by atoms with Crippen LogP contribution in [0.15, 0.2) is 0 Å². The lowest BCUT2D eigenvalue weighted by molar-refractivity contribution is -0.0777. The zero-order valence-corrected chi connectivity index (χ0v) is 10.9. The molecule has 0 bridgehead atoms. The molecule has 0 aliphatic carbocycles. The highest BCUT2D eigenvalue weighted by Crippen LogP contribution is 2.22. The smallest absolute Gasteiger partial charge is 0.0817 e. The summed E-state index contributed by atoms with van der Waals surface area (Å²) in [7, 11) is 2.09. The summed E-state index contributed by atoms with van der Waals surface area (Å²) in [4.78, 5) is 2.23. The number of likely N-dealkylation sites (N-methyl/N-ethyl adjacent to an activating group) is 1. The third-order valence-electron chi connectivity index (χ3n) is 3.84. The molecule has 2 aliphatic rings. The molecule has 4 heteroatoms. The summed E-state index contributed by atoms with van der Waals surface area (Å²) in [6, 6.07) is 0. The molecular formula is C13H25NO3. The highest BCUT2D eigenvalue weighted by molar-refractivity contribution is 4.84. The number of hydrogen-bond acceptors (Lipinski definition) is 4. The Morgan fingerprint density at radius 3 is 2.71 bits per heavy atom. The van der Waals surface area contributed by atoms with Crippen LogP contribution in [0, 0.1) is 0 Å². The molecule has 0 spiro atoms. The van der Waals surface area contributed by atoms with Crippen molar-refractivity contribution in [3.05, 3.63) is 0 Å². The Labute approximate surface area is 104 Å². The van der Waals surface area contributed by atoms with Gasteiger partial charge in [-0.15, -0.1) is 0 Å². The van der Waals surface area contributed by atoms with E-state index >= 15 is 0 Å². The van der Waals surface area contributed by atoms with Crippen LogP contribution in [0.25, 0.3) is 0 Å². The molecule has 0 aromatic heterocycles. The molecule has 2 rings (SSSR count). The van der Waals surface area contributed by atoms with E-state index in [1.807, 2.05) is 0 Å². The fourth-order valence-electron chi connectivity index (χ4n) is 2.73. The van der Waals surface area contributed by atoms with Crippen molar-refractivity contribution in [2.45, 2.75) is 43.8 Å². The van der Waals surface area contributed by atoms with E-state index in [9.17, 15) is 5.11 Å². The molecule has 100 valence electrons. The Bertz CT molecular complexity index is 223. The van der Waals surface area contributed by atoms with Gasteiger partial charge in [-0.25, -0.2) is 0 Å². The Balaban J connectivity index is 1.66. The lowest BCUT2D eigenvalue weighted by atomic mass is 9.94. The van der Waals surface area contributed by atoms with E-state index in [0.717, 1.165) is 39.0 Å². The highest BCUT2D eigenvalue weighted by Gasteiger charge is 2.31. The zero-order chi connectivity index (χ0) is 12.1. The van der Waals surface area contributed by atoms with Crippen molar-refractivity contribution in [2.24, 2.45) is 0 Å². The molecule has 17 heavy (non-hydrogen) atoms. The summed E-state index contributed by atoms with van der Waals surface area (Å²) in [5.41, 5.74) is -0.538. The van der Waals surface area contributed by atoms with E-state index in [1.165, 1.54) is 12.8 Å². The Kier molecular flexibility index (Phi) is 4.79. The molecule has 0 saturated carbocycles. The van der Waals surface area contributed by atoms with Crippen molar-refractivity contribution < 1.29 is 14.6 Å². The molecule has 2 saturated heterocycles. The summed E-state index contributed by atoms with van der Waals surface area (Å²) in [5.74, 6) is 0. The van der Waals surface area contributed by atoms with Crippen LogP contribution in [-0.4, -0.2) is 61.7 Å². The van der Waals surface area contributed by atoms with Crippen LogP contribution < -0.4 is 0 Å². The Morgan fingerprint density at radius 2 is 2.06 bits per heavy atom. The molecule has 0 aromatic rings. The SMILES string of the molecule is CN(CCC1CCCO1)CC1(O)CCOCC1. The van der Waals surface area contributed by atoms with Gasteiger partial charge in [0.2, 0.25) is 0 Å². The maximum atomic E-state index is 10.4. The summed E-state index contributed by atoms with van der Waals surface area (Å²) in [6.45, 7) is 4.07. The molecule has 1 unspecified atom stereocenters. The average Bonchev–Trinajstić information content (AvgIpc) is 2.79. The van der Waals surface area contributed by atoms with Gasteiger partial charge in [-0.2, -0.15) is 0 Å². The van der Waals surface area contributed by atoms with Gasteiger partial charge < -0.3 is 19.5 Å². The van der Waals surface area contributed by atoms with E-state index < -0.39 is 5.60 Å². The van der Waals surface area contributed by atoms with Gasteiger partial charge in [-0.3, -0.25) is 0 Å². The molecule has 4 nitrogen and oxygen atoms in total. The van der Waals surface area contributed by atoms with Gasteiger partial charge in [0, 0.05) is 45.8 Å². The minimum Gasteiger partial charge on any atom is -0.388 e. The summed E-state index contributed by atoms with van der Waals surface area (Å²) >= 11 is 0. The van der Waals surface area contributed by atoms with E-state index in [1.54, 1.807) is 0 Å². The first-order valence-corrected chi connectivity index (χ1v) is 6.78. The minimum absolute atomic E-state index is 0.446. The second-order valence-corrected chi connectivity index (χ2v) is 5.50. The van der Waals surface area contributed by atoms with E-state index in [2.05, 4.69) is 11.9 Å². The molecule has 2 fully saturated rings. The van der Waals surface area contributed by atoms with Gasteiger partial charge in [0.1, 0.15) is 0 Å². The summed E-state index contributed by atoms with van der Waals surface area (Å²) < 4.78 is 10.9. The van der Waals surface area contributed by atoms with E-state index in [-0.39, 0.29) is 0 Å². The van der Waals surface area contributed by atoms with Crippen LogP contribution in [0.3, 0.4) is 0 Å². The van der Waals surface area contributed by atoms with Gasteiger partial charge in [0.25, 0.3) is 0 Å². The maximum Gasteiger partial charge on any atom is 0.0817 e. The normalized spacial score (nSPS) is 28.8. The topological polar surface area (TPSA) is 41.9 Å². The lowest BCUT2D eigenvalue weighted by Crippen LogP contribution is -2.46. The minimum atomic E-state index is -0.538. The second-order valence-electron chi connectivity index (χ2n) is 5.50. The fourth-order valence-corrected chi connectivity index (χ4v) is 2.73. The van der Waals surface area contributed by atoms with Gasteiger partial charge in [0.05, 0.1) is 11.7 Å². The predicted octanol–water partition coefficient (Wildman–Crippen LogP) is 1.03. The maximum absolute atomic E-state index is 10.4. The van der Waals surface area contributed by atoms with Crippen LogP contribution in [0.2, 0.25) is 0 Å². The Morgan fingerprint density at radius 1 is 1.29 bits per heavy atom. The van der Waals surface area contributed by atoms with Crippen molar-refractivity contribution in [1.82, 2.24) is 4.90 Å². The average molecular weight is 243 g/mol. The van der Waals surface area contributed by atoms with Crippen LogP contribution in [0.5, 0.6) is 0 Å². The lowest BCUT2D eigenvalue weighted by Gasteiger charge is -2.35. The number of hydrogen-bond donors (Lipinski definition) is 1. The fraction of sp³-hybridized carbons (Fsp3) is 1.00. The number of rotatable bonds is 5. The molecule has 0 radical (unpaired) electrons. The number of ether oxygens (including phenoxy) is 2. The largest absolute Gasteiger partial charge is 0.388 e. The summed E-state index contributed by atoms with van der Waals surface area (Å²) in [5, 5.41) is 10.4. The van der Waals surface area contributed by atoms with Crippen LogP contribution in [0.4, 0.5) is 0 Å². The third-order valence-corrected chi connectivity index (χ3v) is 3.84. The third kappa shape index (κ3) is 4.21. The first-order valence-electron chi connectivity index (χ1n) is 6.78. The molecule has 0 amide bonds. The van der Waals surface area contributed by atoms with Crippen molar-refractivity contribution in [2.75, 3.05) is 40.0 Å². The molecule has 2 aliphatic heterocycles. The standard InChI is InChI=1S/C13H25NO3/c1-14(7-4-12-3-2-8-17-12)11-13(15)5-9-16-10-6-13/h12,15H,2-11H2,1H3. The van der Waals surface area contributed by atoms with Gasteiger partial charge >= 0.3 is 0 Å². The molecule has 1 atom stereocenters. The highest BCUT2D eigenvalue weighted by atomic mass is 16.5. The van der Waals surface area contributed by atoms with E-state index in [0.29, 0.717) is 19.3 Å².